The van der Waals surface area contributed by atoms with Crippen molar-refractivity contribution in [3.63, 3.8) is 0 Å². The van der Waals surface area contributed by atoms with E-state index in [0.717, 1.165) is 23.1 Å². The molecule has 1 heterocycles. The summed E-state index contributed by atoms with van der Waals surface area (Å²) in [4.78, 5) is 25.5. The fourth-order valence-electron chi connectivity index (χ4n) is 3.47. The standard InChI is InChI=1S/C18H15F3N2O2/c1-2-18(10-3-5-11(19)6-4-10)15-13(8-7-12(20)16(15)21)23(17(18)25)9-14(22)24/h3-8H,2,9H2,1H3,(H2,22,24)/t18-/m1/s1. The first kappa shape index (κ1) is 17.0. The van der Waals surface area contributed by atoms with E-state index >= 15 is 0 Å². The van der Waals surface area contributed by atoms with E-state index in [1.807, 2.05) is 0 Å². The third-order valence-corrected chi connectivity index (χ3v) is 4.58. The number of amides is 2. The normalized spacial score (nSPS) is 19.2. The highest BCUT2D eigenvalue weighted by Crippen LogP contribution is 2.49. The molecule has 2 aromatic rings. The molecule has 0 aliphatic carbocycles. The molecule has 0 aromatic heterocycles. The van der Waals surface area contributed by atoms with Gasteiger partial charge in [0.25, 0.3) is 0 Å². The maximum Gasteiger partial charge on any atom is 0.242 e. The Labute approximate surface area is 142 Å². The van der Waals surface area contributed by atoms with Crippen LogP contribution in [-0.4, -0.2) is 18.4 Å². The Hall–Kier alpha value is -2.83. The van der Waals surface area contributed by atoms with Gasteiger partial charge in [0.05, 0.1) is 5.69 Å². The minimum Gasteiger partial charge on any atom is -0.368 e. The summed E-state index contributed by atoms with van der Waals surface area (Å²) < 4.78 is 41.9. The van der Waals surface area contributed by atoms with Crippen LogP contribution in [0.4, 0.5) is 18.9 Å². The lowest BCUT2D eigenvalue weighted by Gasteiger charge is -2.28. The molecule has 0 fully saturated rings. The van der Waals surface area contributed by atoms with Crippen molar-refractivity contribution in [1.29, 1.82) is 0 Å². The fraction of sp³-hybridized carbons (Fsp3) is 0.222. The molecule has 2 aromatic carbocycles. The lowest BCUT2D eigenvalue weighted by atomic mass is 9.73. The largest absolute Gasteiger partial charge is 0.368 e. The molecule has 0 saturated carbocycles. The molecule has 0 unspecified atom stereocenters. The number of primary amides is 1. The number of hydrogen-bond donors (Lipinski definition) is 1. The lowest BCUT2D eigenvalue weighted by Crippen LogP contribution is -2.44. The maximum absolute atomic E-state index is 14.7. The van der Waals surface area contributed by atoms with Gasteiger partial charge in [0, 0.05) is 5.56 Å². The van der Waals surface area contributed by atoms with Crippen LogP contribution in [0.2, 0.25) is 0 Å². The molecule has 4 nitrogen and oxygen atoms in total. The second-order valence-corrected chi connectivity index (χ2v) is 5.88. The summed E-state index contributed by atoms with van der Waals surface area (Å²) in [6.07, 6.45) is 0.0973. The van der Waals surface area contributed by atoms with Gasteiger partial charge < -0.3 is 10.6 Å². The molecule has 130 valence electrons. The van der Waals surface area contributed by atoms with Crippen molar-refractivity contribution >= 4 is 17.5 Å². The Morgan fingerprint density at radius 1 is 1.12 bits per heavy atom. The molecule has 0 bridgehead atoms. The van der Waals surface area contributed by atoms with E-state index in [0.29, 0.717) is 5.56 Å². The molecule has 0 radical (unpaired) electrons. The number of carbonyl (C=O) groups is 2. The zero-order chi connectivity index (χ0) is 18.4. The number of halogens is 3. The van der Waals surface area contributed by atoms with Crippen LogP contribution in [0.25, 0.3) is 0 Å². The smallest absolute Gasteiger partial charge is 0.242 e. The predicted molar refractivity (Wildman–Crippen MR) is 85.4 cm³/mol. The van der Waals surface area contributed by atoms with Crippen LogP contribution >= 0.6 is 0 Å². The summed E-state index contributed by atoms with van der Waals surface area (Å²) in [6.45, 7) is 1.18. The van der Waals surface area contributed by atoms with E-state index in [2.05, 4.69) is 0 Å². The molecule has 3 rings (SSSR count). The molecular formula is C18H15F3N2O2. The third kappa shape index (κ3) is 2.38. The summed E-state index contributed by atoms with van der Waals surface area (Å²) in [7, 11) is 0. The first-order chi connectivity index (χ1) is 11.8. The number of benzene rings is 2. The number of anilines is 1. The Bertz CT molecular complexity index is 867. The van der Waals surface area contributed by atoms with Gasteiger partial charge in [0.15, 0.2) is 11.6 Å². The highest BCUT2D eigenvalue weighted by Gasteiger charge is 2.53. The van der Waals surface area contributed by atoms with Crippen LogP contribution in [0.3, 0.4) is 0 Å². The molecule has 1 atom stereocenters. The summed E-state index contributed by atoms with van der Waals surface area (Å²) >= 11 is 0. The van der Waals surface area contributed by atoms with Crippen LogP contribution in [-0.2, 0) is 15.0 Å². The first-order valence-electron chi connectivity index (χ1n) is 7.67. The Balaban J connectivity index is 2.33. The summed E-state index contributed by atoms with van der Waals surface area (Å²) in [5.41, 5.74) is 3.90. The van der Waals surface area contributed by atoms with E-state index in [9.17, 15) is 22.8 Å². The molecule has 2 N–H and O–H groups in total. The summed E-state index contributed by atoms with van der Waals surface area (Å²) in [5, 5.41) is 0. The predicted octanol–water partition coefficient (Wildman–Crippen LogP) is 2.63. The van der Waals surface area contributed by atoms with E-state index < -0.39 is 41.2 Å². The van der Waals surface area contributed by atoms with E-state index in [1.54, 1.807) is 6.92 Å². The molecule has 1 aliphatic rings. The molecule has 25 heavy (non-hydrogen) atoms. The second-order valence-electron chi connectivity index (χ2n) is 5.88. The average molecular weight is 348 g/mol. The minimum absolute atomic E-state index is 0.0916. The number of nitrogens with zero attached hydrogens (tertiary/aromatic N) is 1. The molecule has 7 heteroatoms. The van der Waals surface area contributed by atoms with E-state index in [1.165, 1.54) is 18.2 Å². The topological polar surface area (TPSA) is 63.4 Å². The van der Waals surface area contributed by atoms with Crippen molar-refractivity contribution in [3.8, 4) is 0 Å². The monoisotopic (exact) mass is 348 g/mol. The van der Waals surface area contributed by atoms with Crippen LogP contribution in [0.5, 0.6) is 0 Å². The highest BCUT2D eigenvalue weighted by molar-refractivity contribution is 6.12. The zero-order valence-corrected chi connectivity index (χ0v) is 13.4. The Morgan fingerprint density at radius 2 is 1.76 bits per heavy atom. The van der Waals surface area contributed by atoms with Gasteiger partial charge in [-0.1, -0.05) is 19.1 Å². The zero-order valence-electron chi connectivity index (χ0n) is 13.4. The van der Waals surface area contributed by atoms with Crippen LogP contribution in [0, 0.1) is 17.5 Å². The highest BCUT2D eigenvalue weighted by atomic mass is 19.2. The van der Waals surface area contributed by atoms with Gasteiger partial charge in [0.2, 0.25) is 11.8 Å². The lowest BCUT2D eigenvalue weighted by molar-refractivity contribution is -0.124. The summed E-state index contributed by atoms with van der Waals surface area (Å²) in [5.74, 6) is -4.17. The van der Waals surface area contributed by atoms with E-state index in [4.69, 9.17) is 5.73 Å². The number of nitrogens with two attached hydrogens (primary N) is 1. The number of hydrogen-bond acceptors (Lipinski definition) is 2. The van der Waals surface area contributed by atoms with Crippen molar-refractivity contribution in [1.82, 2.24) is 0 Å². The number of rotatable bonds is 4. The van der Waals surface area contributed by atoms with Crippen molar-refractivity contribution < 1.29 is 22.8 Å². The van der Waals surface area contributed by atoms with Gasteiger partial charge in [-0.2, -0.15) is 0 Å². The SMILES string of the molecule is CC[C@]1(c2ccc(F)cc2)C(=O)N(CC(N)=O)c2ccc(F)c(F)c21. The van der Waals surface area contributed by atoms with Crippen LogP contribution < -0.4 is 10.6 Å². The number of carbonyl (C=O) groups excluding carboxylic acids is 2. The Kier molecular flexibility index (Phi) is 4.02. The van der Waals surface area contributed by atoms with Crippen molar-refractivity contribution in [2.24, 2.45) is 5.73 Å². The number of fused-ring (bicyclic) bond motifs is 1. The molecular weight excluding hydrogens is 333 g/mol. The first-order valence-corrected chi connectivity index (χ1v) is 7.67. The van der Waals surface area contributed by atoms with Gasteiger partial charge in [-0.25, -0.2) is 13.2 Å². The minimum atomic E-state index is -1.55. The third-order valence-electron chi connectivity index (χ3n) is 4.58. The van der Waals surface area contributed by atoms with Gasteiger partial charge in [-0.05, 0) is 36.2 Å². The second kappa shape index (κ2) is 5.91. The van der Waals surface area contributed by atoms with Gasteiger partial charge in [-0.3, -0.25) is 9.59 Å². The molecule has 1 aliphatic heterocycles. The average Bonchev–Trinajstić information content (AvgIpc) is 2.81. The van der Waals surface area contributed by atoms with Crippen LogP contribution in [0.15, 0.2) is 36.4 Å². The van der Waals surface area contributed by atoms with Gasteiger partial charge in [0.1, 0.15) is 17.8 Å². The molecule has 0 spiro atoms. The molecule has 2 amide bonds. The van der Waals surface area contributed by atoms with Crippen molar-refractivity contribution in [2.75, 3.05) is 11.4 Å². The quantitative estimate of drug-likeness (QED) is 0.923. The van der Waals surface area contributed by atoms with Crippen molar-refractivity contribution in [2.45, 2.75) is 18.8 Å². The van der Waals surface area contributed by atoms with E-state index in [-0.39, 0.29) is 17.7 Å². The fourth-order valence-corrected chi connectivity index (χ4v) is 3.47. The van der Waals surface area contributed by atoms with Crippen molar-refractivity contribution in [3.05, 3.63) is 65.0 Å². The summed E-state index contributed by atoms with van der Waals surface area (Å²) in [6, 6.07) is 7.15. The Morgan fingerprint density at radius 3 is 2.32 bits per heavy atom. The van der Waals surface area contributed by atoms with Gasteiger partial charge in [-0.15, -0.1) is 0 Å². The van der Waals surface area contributed by atoms with Gasteiger partial charge >= 0.3 is 0 Å². The maximum atomic E-state index is 14.7. The van der Waals surface area contributed by atoms with Crippen LogP contribution in [0.1, 0.15) is 24.5 Å². The molecule has 0 saturated heterocycles.